The average molecular weight is 1280 g/mol. The molecule has 43 heavy (non-hydrogen) atoms. The van der Waals surface area contributed by atoms with Crippen molar-refractivity contribution in [2.75, 3.05) is 6.61 Å². The van der Waals surface area contributed by atoms with Crippen molar-refractivity contribution < 1.29 is 47.0 Å². The van der Waals surface area contributed by atoms with Gasteiger partial charge >= 0.3 is 68.4 Å². The maximum absolute atomic E-state index is 11.5. The van der Waals surface area contributed by atoms with E-state index in [-0.39, 0.29) is 65.6 Å². The molecule has 0 aromatic rings. The molecule has 0 aromatic heterocycles. The van der Waals surface area contributed by atoms with Gasteiger partial charge in [-0.05, 0) is 92.4 Å². The van der Waals surface area contributed by atoms with E-state index >= 15 is 0 Å². The number of halogens is 6. The van der Waals surface area contributed by atoms with Gasteiger partial charge in [-0.15, -0.1) is 24.0 Å². The summed E-state index contributed by atoms with van der Waals surface area (Å²) in [4.78, 5) is 34.2. The Morgan fingerprint density at radius 2 is 1.23 bits per heavy atom. The first-order valence-electron chi connectivity index (χ1n) is 14.9. The van der Waals surface area contributed by atoms with E-state index in [1.807, 2.05) is 6.92 Å². The summed E-state index contributed by atoms with van der Waals surface area (Å²) in [6.45, 7) is 13.3. The summed E-state index contributed by atoms with van der Waals surface area (Å²) < 4.78 is 15.0. The van der Waals surface area contributed by atoms with Gasteiger partial charge in [0.25, 0.3) is 0 Å². The van der Waals surface area contributed by atoms with Crippen LogP contribution in [-0.4, -0.2) is 35.9 Å². The number of hydrogen-bond acceptors (Lipinski definition) is 7. The minimum atomic E-state index is -0.876. The Morgan fingerprint density at radius 1 is 0.744 bits per heavy atom. The zero-order valence-electron chi connectivity index (χ0n) is 25.7. The molecule has 9 unspecified atom stereocenters. The third kappa shape index (κ3) is 11.5. The Morgan fingerprint density at radius 3 is 1.77 bits per heavy atom. The SMILES string of the molecule is CC1=COC(=O)C2C1CC[C@@H]2C.CC1C(O)OC(=O)C2C1CC[C@@H]2C.CC1COC(=O)C2C1CC[C@@H]2C.I.II.I[I-]I. The Labute approximate surface area is 328 Å². The van der Waals surface area contributed by atoms with Crippen LogP contribution < -0.4 is 13.3 Å². The quantitative estimate of drug-likeness (QED) is 0.174. The van der Waals surface area contributed by atoms with Gasteiger partial charge in [-0.1, -0.05) is 34.6 Å². The summed E-state index contributed by atoms with van der Waals surface area (Å²) in [7, 11) is 0. The Kier molecular flexibility index (Phi) is 21.8. The van der Waals surface area contributed by atoms with Crippen molar-refractivity contribution in [3.8, 4) is 0 Å². The molecule has 252 valence electrons. The molecule has 2 saturated heterocycles. The first kappa shape index (κ1) is 43.5. The summed E-state index contributed by atoms with van der Waals surface area (Å²) >= 11 is 9.54. The van der Waals surface area contributed by atoms with Gasteiger partial charge in [0, 0.05) is 43.1 Å². The zero-order chi connectivity index (χ0) is 31.7. The molecule has 7 nitrogen and oxygen atoms in total. The van der Waals surface area contributed by atoms with Crippen LogP contribution in [0.4, 0.5) is 0 Å². The first-order valence-corrected chi connectivity index (χ1v) is 33.7. The number of hydrogen-bond donors (Lipinski definition) is 1. The molecule has 0 aromatic carbocycles. The number of aliphatic hydroxyl groups excluding tert-OH is 1. The Balaban J connectivity index is 0.000000297. The van der Waals surface area contributed by atoms with Crippen LogP contribution in [0.2, 0.25) is 0 Å². The fourth-order valence-corrected chi connectivity index (χ4v) is 7.89. The molecule has 1 N–H and O–H groups in total. The van der Waals surface area contributed by atoms with Crippen LogP contribution in [0, 0.1) is 65.1 Å². The number of carbonyl (C=O) groups is 3. The van der Waals surface area contributed by atoms with Gasteiger partial charge in [0.1, 0.15) is 0 Å². The maximum atomic E-state index is 11.5. The molecule has 0 bridgehead atoms. The van der Waals surface area contributed by atoms with Crippen molar-refractivity contribution in [1.82, 2.24) is 0 Å². The van der Waals surface area contributed by atoms with Crippen molar-refractivity contribution in [1.29, 1.82) is 0 Å². The predicted molar refractivity (Wildman–Crippen MR) is 209 cm³/mol. The number of carbonyl (C=O) groups excluding carboxylic acids is 3. The molecule has 0 radical (unpaired) electrons. The van der Waals surface area contributed by atoms with E-state index in [4.69, 9.17) is 14.2 Å². The van der Waals surface area contributed by atoms with Crippen LogP contribution in [0.3, 0.4) is 0 Å². The van der Waals surface area contributed by atoms with E-state index < -0.39 is 6.29 Å². The first-order chi connectivity index (χ1) is 19.9. The summed E-state index contributed by atoms with van der Waals surface area (Å²) in [6.07, 6.45) is 7.64. The molecule has 13 heteroatoms. The Hall–Kier alpha value is 2.49. The normalized spacial score (nSPS) is 40.2. The van der Waals surface area contributed by atoms with Gasteiger partial charge in [-0.2, -0.15) is 0 Å². The molecule has 3 aliphatic heterocycles. The fraction of sp³-hybridized carbons (Fsp3) is 0.833. The van der Waals surface area contributed by atoms with Crippen molar-refractivity contribution in [2.24, 2.45) is 65.1 Å². The van der Waals surface area contributed by atoms with Gasteiger partial charge in [-0.3, -0.25) is 14.4 Å². The van der Waals surface area contributed by atoms with Crippen LogP contribution in [0.5, 0.6) is 0 Å². The third-order valence-corrected chi connectivity index (χ3v) is 10.4. The van der Waals surface area contributed by atoms with E-state index in [9.17, 15) is 19.5 Å². The van der Waals surface area contributed by atoms with Crippen LogP contribution >= 0.6 is 98.4 Å². The van der Waals surface area contributed by atoms with Gasteiger partial charge in [-0.25, -0.2) is 0 Å². The average Bonchev–Trinajstić information content (AvgIpc) is 3.67. The van der Waals surface area contributed by atoms with Crippen molar-refractivity contribution in [3.63, 3.8) is 0 Å². The molecule has 3 saturated carbocycles. The summed E-state index contributed by atoms with van der Waals surface area (Å²) in [5.74, 6) is 3.84. The standard InChI is InChI=1S/C10H16O3.C10H16O2.C10H14O2.I3.I2.HI/c1-5-3-4-7-6(2)9(11)13-10(12)8(5)7;2*1-6-3-4-8-7(2)5-12-10(11)9(6)8;1-3-2;1-2;/h5-9,11H,3-4H2,1-2H3;6-9H,3-5H2,1-2H3;5-6,8-9H,3-4H2,1-2H3;;;1H/q;;;-1;;/t5-,6?,7?,8?,9?;6-,7?,8?,9?;6-,8?,9?;;;/m000.../s1. The van der Waals surface area contributed by atoms with Crippen molar-refractivity contribution in [3.05, 3.63) is 11.8 Å². The molecule has 6 rings (SSSR count). The summed E-state index contributed by atoms with van der Waals surface area (Å²) in [5, 5.41) is 9.44. The van der Waals surface area contributed by atoms with Crippen LogP contribution in [0.15, 0.2) is 11.8 Å². The van der Waals surface area contributed by atoms with E-state index in [2.05, 4.69) is 109 Å². The van der Waals surface area contributed by atoms with Crippen LogP contribution in [-0.2, 0) is 28.6 Å². The van der Waals surface area contributed by atoms with Crippen molar-refractivity contribution >= 4 is 116 Å². The number of esters is 3. The van der Waals surface area contributed by atoms with Crippen molar-refractivity contribution in [2.45, 2.75) is 86.4 Å². The second-order valence-electron chi connectivity index (χ2n) is 12.8. The molecule has 3 heterocycles. The van der Waals surface area contributed by atoms with E-state index in [1.54, 1.807) is 6.26 Å². The number of fused-ring (bicyclic) bond motifs is 3. The topological polar surface area (TPSA) is 99.1 Å². The molecular formula is C30H47I6O7-. The van der Waals surface area contributed by atoms with Crippen LogP contribution in [0.1, 0.15) is 80.1 Å². The molecule has 5 fully saturated rings. The second kappa shape index (κ2) is 21.5. The monoisotopic (exact) mass is 1280 g/mol. The van der Waals surface area contributed by atoms with Gasteiger partial charge < -0.3 is 19.3 Å². The van der Waals surface area contributed by atoms with Gasteiger partial charge in [0.2, 0.25) is 6.29 Å². The predicted octanol–water partition coefficient (Wildman–Crippen LogP) is 6.28. The number of allylic oxidation sites excluding steroid dienone is 1. The van der Waals surface area contributed by atoms with Gasteiger partial charge in [0.15, 0.2) is 0 Å². The summed E-state index contributed by atoms with van der Waals surface area (Å²) in [5.41, 5.74) is 1.24. The second-order valence-corrected chi connectivity index (χ2v) is 29.1. The van der Waals surface area contributed by atoms with E-state index in [1.165, 1.54) is 18.4 Å². The fourth-order valence-electron chi connectivity index (χ4n) is 7.89. The van der Waals surface area contributed by atoms with E-state index in [0.717, 1.165) is 25.7 Å². The van der Waals surface area contributed by atoms with E-state index in [0.29, 0.717) is 61.3 Å². The van der Waals surface area contributed by atoms with Crippen LogP contribution in [0.25, 0.3) is 0 Å². The third-order valence-electron chi connectivity index (χ3n) is 10.4. The molecule has 0 spiro atoms. The van der Waals surface area contributed by atoms with Gasteiger partial charge in [0.05, 0.1) is 30.6 Å². The number of cyclic esters (lactones) is 3. The number of aliphatic hydroxyl groups is 1. The molecule has 6 aliphatic rings. The number of rotatable bonds is 0. The molecule has 0 amide bonds. The Bertz CT molecular complexity index is 937. The summed E-state index contributed by atoms with van der Waals surface area (Å²) in [6, 6.07) is 0. The molecule has 3 aliphatic carbocycles. The molecule has 12 atom stereocenters. The minimum absolute atomic E-state index is 0. The molecular weight excluding hydrogens is 1230 g/mol. The number of ether oxygens (including phenoxy) is 3. The zero-order valence-corrected chi connectivity index (χ0v) is 38.8.